The molecule has 0 unspecified atom stereocenters. The minimum absolute atomic E-state index is 0.0153. The van der Waals surface area contributed by atoms with E-state index in [9.17, 15) is 0 Å². The van der Waals surface area contributed by atoms with Gasteiger partial charge in [0.25, 0.3) is 0 Å². The summed E-state index contributed by atoms with van der Waals surface area (Å²) in [5.74, 6) is 0. The Balaban J connectivity index is 2.99. The third-order valence-electron chi connectivity index (χ3n) is 0.862. The van der Waals surface area contributed by atoms with Crippen molar-refractivity contribution >= 4 is 28.8 Å². The average Bonchev–Trinajstić information content (AvgIpc) is 1.90. The standard InChI is InChI=1S/C6H5AsS/c8-7-6-4-2-1-3-5-6/h1-5H. The van der Waals surface area contributed by atoms with E-state index in [-0.39, 0.29) is 14.1 Å². The molecule has 0 atom stereocenters. The normalized spacial score (nSPS) is 9.50. The van der Waals surface area contributed by atoms with Crippen LogP contribution in [0.15, 0.2) is 30.3 Å². The van der Waals surface area contributed by atoms with Crippen LogP contribution in [-0.2, 0) is 0 Å². The second-order valence-electron chi connectivity index (χ2n) is 1.43. The van der Waals surface area contributed by atoms with Crippen LogP contribution in [0, 0.1) is 0 Å². The predicted octanol–water partition coefficient (Wildman–Crippen LogP) is 1.13. The van der Waals surface area contributed by atoms with E-state index in [1.54, 1.807) is 0 Å². The Hall–Kier alpha value is -0.00156. The summed E-state index contributed by atoms with van der Waals surface area (Å²) in [5.41, 5.74) is 0. The van der Waals surface area contributed by atoms with Crippen LogP contribution < -0.4 is 4.35 Å². The van der Waals surface area contributed by atoms with Crippen molar-refractivity contribution in [3.63, 3.8) is 0 Å². The summed E-state index contributed by atoms with van der Waals surface area (Å²) in [4.78, 5) is 0. The fourth-order valence-electron chi connectivity index (χ4n) is 0.489. The van der Waals surface area contributed by atoms with Crippen molar-refractivity contribution in [3.05, 3.63) is 30.3 Å². The van der Waals surface area contributed by atoms with Crippen LogP contribution in [0.1, 0.15) is 0 Å². The van der Waals surface area contributed by atoms with Gasteiger partial charge >= 0.3 is 59.2 Å². The summed E-state index contributed by atoms with van der Waals surface area (Å²) in [7, 11) is 4.91. The molecule has 0 aromatic heterocycles. The molecular formula is C6H5AsS. The Morgan fingerprint density at radius 2 is 1.75 bits per heavy atom. The first-order chi connectivity index (χ1) is 3.93. The van der Waals surface area contributed by atoms with Crippen molar-refractivity contribution < 1.29 is 0 Å². The molecular weight excluding hydrogens is 179 g/mol. The summed E-state index contributed by atoms with van der Waals surface area (Å²) in [6.45, 7) is 0. The van der Waals surface area contributed by atoms with E-state index in [0.29, 0.717) is 0 Å². The zero-order valence-corrected chi connectivity index (χ0v) is 6.94. The van der Waals surface area contributed by atoms with E-state index in [4.69, 9.17) is 10.4 Å². The van der Waals surface area contributed by atoms with Crippen molar-refractivity contribution in [2.75, 3.05) is 0 Å². The molecule has 0 radical (unpaired) electrons. The first-order valence-electron chi connectivity index (χ1n) is 2.32. The first kappa shape index (κ1) is 6.12. The summed E-state index contributed by atoms with van der Waals surface area (Å²) < 4.78 is 1.32. The summed E-state index contributed by atoms with van der Waals surface area (Å²) in [5, 5.41) is 0. The van der Waals surface area contributed by atoms with Crippen molar-refractivity contribution in [1.82, 2.24) is 0 Å². The molecule has 40 valence electrons. The van der Waals surface area contributed by atoms with Gasteiger partial charge in [0, 0.05) is 0 Å². The molecule has 0 nitrogen and oxygen atoms in total. The molecule has 0 amide bonds. The van der Waals surface area contributed by atoms with Crippen LogP contribution in [0.4, 0.5) is 0 Å². The molecule has 0 saturated heterocycles. The van der Waals surface area contributed by atoms with Gasteiger partial charge in [0.05, 0.1) is 0 Å². The van der Waals surface area contributed by atoms with Crippen molar-refractivity contribution in [3.8, 4) is 0 Å². The van der Waals surface area contributed by atoms with Crippen LogP contribution in [-0.4, -0.2) is 14.1 Å². The SMILES string of the molecule is S=[As]c1ccccc1. The van der Waals surface area contributed by atoms with Gasteiger partial charge in [-0.2, -0.15) is 0 Å². The third kappa shape index (κ3) is 1.50. The Kier molecular flexibility index (Phi) is 2.38. The summed E-state index contributed by atoms with van der Waals surface area (Å²) in [6.07, 6.45) is 0. The van der Waals surface area contributed by atoms with Crippen molar-refractivity contribution in [2.24, 2.45) is 0 Å². The number of hydrogen-bond acceptors (Lipinski definition) is 1. The molecule has 0 aliphatic heterocycles. The second kappa shape index (κ2) is 3.11. The predicted molar refractivity (Wildman–Crippen MR) is 39.4 cm³/mol. The Morgan fingerprint density at radius 1 is 1.12 bits per heavy atom. The molecule has 1 aromatic carbocycles. The van der Waals surface area contributed by atoms with Gasteiger partial charge in [-0.25, -0.2) is 0 Å². The summed E-state index contributed by atoms with van der Waals surface area (Å²) >= 11 is 0.0153. The van der Waals surface area contributed by atoms with Crippen LogP contribution in [0.2, 0.25) is 0 Å². The van der Waals surface area contributed by atoms with E-state index < -0.39 is 0 Å². The van der Waals surface area contributed by atoms with Gasteiger partial charge in [0.1, 0.15) is 0 Å². The molecule has 2 heteroatoms. The maximum atomic E-state index is 4.91. The monoisotopic (exact) mass is 184 g/mol. The molecule has 0 bridgehead atoms. The van der Waals surface area contributed by atoms with Gasteiger partial charge in [-0.3, -0.25) is 0 Å². The van der Waals surface area contributed by atoms with Crippen molar-refractivity contribution in [1.29, 1.82) is 0 Å². The molecule has 0 aliphatic rings. The van der Waals surface area contributed by atoms with Gasteiger partial charge in [0.15, 0.2) is 0 Å². The van der Waals surface area contributed by atoms with E-state index in [0.717, 1.165) is 0 Å². The topological polar surface area (TPSA) is 0 Å². The zero-order valence-electron chi connectivity index (χ0n) is 4.24. The number of hydrogen-bond donors (Lipinski definition) is 0. The fourth-order valence-corrected chi connectivity index (χ4v) is 1.74. The van der Waals surface area contributed by atoms with Gasteiger partial charge in [0.2, 0.25) is 0 Å². The first-order valence-corrected chi connectivity index (χ1v) is 5.92. The van der Waals surface area contributed by atoms with E-state index >= 15 is 0 Å². The molecule has 1 rings (SSSR count). The van der Waals surface area contributed by atoms with E-state index in [2.05, 4.69) is 12.1 Å². The van der Waals surface area contributed by atoms with E-state index in [1.807, 2.05) is 18.2 Å². The van der Waals surface area contributed by atoms with Crippen LogP contribution in [0.25, 0.3) is 0 Å². The number of rotatable bonds is 1. The molecule has 0 heterocycles. The molecule has 8 heavy (non-hydrogen) atoms. The zero-order chi connectivity index (χ0) is 5.82. The number of benzene rings is 1. The minimum atomic E-state index is 0.0153. The third-order valence-corrected chi connectivity index (χ3v) is 3.02. The van der Waals surface area contributed by atoms with Crippen molar-refractivity contribution in [2.45, 2.75) is 0 Å². The maximum absolute atomic E-state index is 4.91. The second-order valence-corrected chi connectivity index (χ2v) is 3.84. The molecule has 0 saturated carbocycles. The van der Waals surface area contributed by atoms with Crippen LogP contribution >= 0.6 is 10.4 Å². The fraction of sp³-hybridized carbons (Fsp3) is 0. The van der Waals surface area contributed by atoms with Gasteiger partial charge in [-0.1, -0.05) is 0 Å². The Labute approximate surface area is 59.4 Å². The quantitative estimate of drug-likeness (QED) is 0.589. The molecule has 0 N–H and O–H groups in total. The molecule has 0 aliphatic carbocycles. The summed E-state index contributed by atoms with van der Waals surface area (Å²) in [6, 6.07) is 10.2. The van der Waals surface area contributed by atoms with Crippen LogP contribution in [0.5, 0.6) is 0 Å². The van der Waals surface area contributed by atoms with Gasteiger partial charge < -0.3 is 0 Å². The van der Waals surface area contributed by atoms with Crippen LogP contribution in [0.3, 0.4) is 0 Å². The Morgan fingerprint density at radius 3 is 2.12 bits per heavy atom. The Bertz CT molecular complexity index is 171. The molecule has 0 spiro atoms. The molecule has 0 fully saturated rings. The van der Waals surface area contributed by atoms with Gasteiger partial charge in [-0.05, 0) is 0 Å². The van der Waals surface area contributed by atoms with E-state index in [1.165, 1.54) is 4.35 Å². The van der Waals surface area contributed by atoms with Gasteiger partial charge in [-0.15, -0.1) is 0 Å². The average molecular weight is 184 g/mol. The molecule has 1 aromatic rings.